The van der Waals surface area contributed by atoms with Crippen LogP contribution in [-0.4, -0.2) is 19.5 Å². The number of rotatable bonds is 8. The summed E-state index contributed by atoms with van der Waals surface area (Å²) in [6, 6.07) is 158. The summed E-state index contributed by atoms with van der Waals surface area (Å²) < 4.78 is 61.2. The van der Waals surface area contributed by atoms with Gasteiger partial charge in [0.05, 0.1) is 16.8 Å². The Morgan fingerprint density at radius 2 is 0.649 bits per heavy atom. The first kappa shape index (κ1) is 83.3. The van der Waals surface area contributed by atoms with Crippen LogP contribution in [0.3, 0.4) is 0 Å². The van der Waals surface area contributed by atoms with Gasteiger partial charge in [-0.3, -0.25) is 0 Å². The Hall–Kier alpha value is -19.3. The SMILES string of the molecule is Fc1ccc(-c2c(-c3cccc4c3oc3ccccc34)c3ccc4c(oc5ccc6ccccc6c54)c3c3ccccc23)cc1F.c1cc2ccc3ccc(-c4c(-c5cccc6c5sc5ccccc56)c5ccc6c7ccccc7oc6c5c5ccccc45)c4ccc(c1)c2c34.c1ccc(-c2nc(-c3ccccc3)nc(-c3c(-n4ccc5ccccc54)c4ccccc4c4c3ccc3c5cc6ccccc6cc5oc34)n2)cc1. The highest BCUT2D eigenvalue weighted by atomic mass is 32.1. The Kier molecular flexibility index (Phi) is 18.3. The summed E-state index contributed by atoms with van der Waals surface area (Å²) in [6.07, 6.45) is 2.16. The van der Waals surface area contributed by atoms with Crippen LogP contribution in [0.2, 0.25) is 0 Å². The maximum Gasteiger partial charge on any atom is 0.166 e. The fourth-order valence-electron chi connectivity index (χ4n) is 24.2. The monoisotopic (exact) mass is 1910 g/mol. The molecule has 8 nitrogen and oxygen atoms in total. The fraction of sp³-hybridized carbons (Fsp3) is 0. The third-order valence-corrected chi connectivity index (χ3v) is 31.8. The second-order valence-electron chi connectivity index (χ2n) is 38.6. The van der Waals surface area contributed by atoms with Gasteiger partial charge in [0.2, 0.25) is 0 Å². The molecular weight excluding hydrogens is 1840 g/mol. The Bertz CT molecular complexity index is 11400. The van der Waals surface area contributed by atoms with Gasteiger partial charge in [0.25, 0.3) is 0 Å². The zero-order valence-electron chi connectivity index (χ0n) is 79.0. The Morgan fingerprint density at radius 1 is 0.203 bits per heavy atom. The molecule has 7 heterocycles. The van der Waals surface area contributed by atoms with Crippen LogP contribution in [0.15, 0.2) is 479 Å². The molecule has 7 aromatic heterocycles. The predicted octanol–water partition coefficient (Wildman–Crippen LogP) is 39.2. The van der Waals surface area contributed by atoms with Crippen LogP contribution < -0.4 is 0 Å². The van der Waals surface area contributed by atoms with Crippen LogP contribution in [-0.2, 0) is 0 Å². The van der Waals surface area contributed by atoms with Gasteiger partial charge in [0.1, 0.15) is 44.7 Å². The largest absolute Gasteiger partial charge is 0.455 e. The number of hydrogen-bond acceptors (Lipinski definition) is 8. The highest BCUT2D eigenvalue weighted by molar-refractivity contribution is 7.26. The van der Waals surface area contributed by atoms with Crippen molar-refractivity contribution in [2.75, 3.05) is 0 Å². The van der Waals surface area contributed by atoms with Crippen molar-refractivity contribution in [3.05, 3.63) is 473 Å². The molecule has 0 saturated heterocycles. The number of hydrogen-bond donors (Lipinski definition) is 0. The molecule has 11 heteroatoms. The van der Waals surface area contributed by atoms with E-state index in [1.807, 2.05) is 108 Å². The molecule has 26 aromatic carbocycles. The second kappa shape index (κ2) is 32.6. The molecule has 0 N–H and O–H groups in total. The van der Waals surface area contributed by atoms with E-state index in [2.05, 4.69) is 350 Å². The lowest BCUT2D eigenvalue weighted by Crippen LogP contribution is -2.05. The van der Waals surface area contributed by atoms with Crippen LogP contribution in [0, 0.1) is 11.6 Å². The molecule has 0 unspecified atom stereocenters. The Labute approximate surface area is 845 Å². The van der Waals surface area contributed by atoms with Gasteiger partial charge in [0, 0.05) is 119 Å². The average molecular weight is 1910 g/mol. The Balaban J connectivity index is 0.000000101. The molecule has 148 heavy (non-hydrogen) atoms. The van der Waals surface area contributed by atoms with Crippen molar-refractivity contribution in [2.24, 2.45) is 0 Å². The predicted molar refractivity (Wildman–Crippen MR) is 613 cm³/mol. The fourth-order valence-corrected chi connectivity index (χ4v) is 25.4. The van der Waals surface area contributed by atoms with E-state index >= 15 is 0 Å². The molecule has 0 fully saturated rings. The standard InChI is InChI=1S/C48H26OS.C47H28N4O.C42H22F2O2/c1-2-14-33-32(13-1)44(35-24-22-29-20-19-27-9-7-10-28-21-23-34(35)43(29)42(27)28)45(39-16-8-15-37-31-12-4-6-18-41(31)50-48(37)39)38-26-25-36-30-11-3-5-17-40(30)49-47(36)46(33)38;1-3-14-30(15-4-1)45-48-46(31-16-5-2-6-17-31)50-47(49-45)42-37-24-23-36-38-27-32-18-7-8-19-33(32)28-40(38)52-44(36)41(37)34-20-10-11-21-35(34)43(42)51-26-25-29-13-9-12-22-39(29)51;43-33-20-16-24(22-34(33)44)37-27-11-3-4-12-28(27)40-30(39(37)31-14-7-13-29-26-10-5-6-15-35(26)45-41(29)31)18-19-32-38-25-9-2-1-8-23(25)17-21-36(38)46-42(32)40/h1-26H;1-28H;1-22H. The lowest BCUT2D eigenvalue weighted by molar-refractivity contribution is 0.509. The van der Waals surface area contributed by atoms with Crippen molar-refractivity contribution in [1.82, 2.24) is 19.5 Å². The third-order valence-electron chi connectivity index (χ3n) is 30.6. The van der Waals surface area contributed by atoms with Gasteiger partial charge in [0.15, 0.2) is 29.1 Å². The molecule has 0 aliphatic carbocycles. The van der Waals surface area contributed by atoms with Gasteiger partial charge >= 0.3 is 0 Å². The molecule has 33 aromatic rings. The zero-order valence-corrected chi connectivity index (χ0v) is 79.8. The quantitative estimate of drug-likeness (QED) is 0.140. The summed E-state index contributed by atoms with van der Waals surface area (Å²) in [5.41, 5.74) is 19.8. The average Bonchev–Trinajstić information content (AvgIpc) is 1.41. The molecule has 0 spiro atoms. The lowest BCUT2D eigenvalue weighted by atomic mass is 9.81. The van der Waals surface area contributed by atoms with Gasteiger partial charge in [-0.05, 0) is 209 Å². The number of benzene rings is 26. The van der Waals surface area contributed by atoms with E-state index in [4.69, 9.17) is 32.6 Å². The molecule has 0 radical (unpaired) electrons. The normalized spacial score (nSPS) is 12.1. The summed E-state index contributed by atoms with van der Waals surface area (Å²) in [5, 5.41) is 37.6. The van der Waals surface area contributed by atoms with Crippen molar-refractivity contribution in [2.45, 2.75) is 0 Å². The van der Waals surface area contributed by atoms with E-state index in [1.54, 1.807) is 6.07 Å². The first-order valence-electron chi connectivity index (χ1n) is 49.9. The summed E-state index contributed by atoms with van der Waals surface area (Å²) in [6.45, 7) is 0. The molecule has 688 valence electrons. The number of nitrogens with zero attached hydrogens (tertiary/aromatic N) is 4. The molecule has 33 rings (SSSR count). The molecule has 0 aliphatic heterocycles. The lowest BCUT2D eigenvalue weighted by Gasteiger charge is -2.21. The minimum Gasteiger partial charge on any atom is -0.455 e. The van der Waals surface area contributed by atoms with Crippen molar-refractivity contribution in [3.8, 4) is 84.4 Å². The van der Waals surface area contributed by atoms with Crippen molar-refractivity contribution < 1.29 is 26.4 Å². The highest BCUT2D eigenvalue weighted by Crippen LogP contribution is 2.57. The summed E-state index contributed by atoms with van der Waals surface area (Å²) in [5.74, 6) is 0.0498. The third kappa shape index (κ3) is 12.6. The molecule has 0 atom stereocenters. The first-order valence-corrected chi connectivity index (χ1v) is 50.7. The van der Waals surface area contributed by atoms with Gasteiger partial charge in [-0.15, -0.1) is 11.3 Å². The number of fused-ring (bicyclic) bond motifs is 31. The topological polar surface area (TPSA) is 96.2 Å². The van der Waals surface area contributed by atoms with E-state index in [0.717, 1.165) is 197 Å². The van der Waals surface area contributed by atoms with E-state index in [1.165, 1.54) is 114 Å². The highest BCUT2D eigenvalue weighted by Gasteiger charge is 2.32. The van der Waals surface area contributed by atoms with Crippen molar-refractivity contribution >= 4 is 249 Å². The number of thiophene rings is 1. The van der Waals surface area contributed by atoms with Gasteiger partial charge in [-0.2, -0.15) is 0 Å². The van der Waals surface area contributed by atoms with Crippen LogP contribution in [0.4, 0.5) is 8.78 Å². The molecule has 0 aliphatic rings. The van der Waals surface area contributed by atoms with Crippen LogP contribution in [0.5, 0.6) is 0 Å². The van der Waals surface area contributed by atoms with E-state index < -0.39 is 11.6 Å². The number of aromatic nitrogens is 4. The first-order chi connectivity index (χ1) is 73.2. The zero-order chi connectivity index (χ0) is 97.2. The number of para-hydroxylation sites is 4. The summed E-state index contributed by atoms with van der Waals surface area (Å²) in [7, 11) is 0. The van der Waals surface area contributed by atoms with Crippen LogP contribution in [0.1, 0.15) is 0 Å². The van der Waals surface area contributed by atoms with E-state index in [0.29, 0.717) is 23.0 Å². The Morgan fingerprint density at radius 3 is 1.34 bits per heavy atom. The maximum atomic E-state index is 15.0. The summed E-state index contributed by atoms with van der Waals surface area (Å²) >= 11 is 1.89. The van der Waals surface area contributed by atoms with Crippen LogP contribution in [0.25, 0.3) is 322 Å². The van der Waals surface area contributed by atoms with Crippen molar-refractivity contribution in [3.63, 3.8) is 0 Å². The number of furan rings is 4. The molecular formula is C137H76F2N4O4S. The summed E-state index contributed by atoms with van der Waals surface area (Å²) in [4.78, 5) is 15.6. The smallest absolute Gasteiger partial charge is 0.166 e. The minimum absolute atomic E-state index is 0.579. The maximum absolute atomic E-state index is 15.0. The van der Waals surface area contributed by atoms with Gasteiger partial charge in [-0.1, -0.05) is 376 Å². The molecule has 0 saturated carbocycles. The van der Waals surface area contributed by atoms with E-state index in [9.17, 15) is 8.78 Å². The van der Waals surface area contributed by atoms with E-state index in [-0.39, 0.29) is 0 Å². The number of halogens is 2. The molecule has 0 bridgehead atoms. The second-order valence-corrected chi connectivity index (χ2v) is 39.6. The van der Waals surface area contributed by atoms with Gasteiger partial charge in [-0.25, -0.2) is 23.7 Å². The van der Waals surface area contributed by atoms with Crippen molar-refractivity contribution in [1.29, 1.82) is 0 Å². The van der Waals surface area contributed by atoms with Gasteiger partial charge < -0.3 is 22.2 Å². The molecule has 0 amide bonds. The van der Waals surface area contributed by atoms with Crippen LogP contribution >= 0.6 is 11.3 Å². The minimum atomic E-state index is -0.894.